The van der Waals surface area contributed by atoms with Crippen molar-refractivity contribution in [1.29, 1.82) is 0 Å². The molecule has 2 N–H and O–H groups in total. The Labute approximate surface area is 102 Å². The summed E-state index contributed by atoms with van der Waals surface area (Å²) >= 11 is 0. The first-order chi connectivity index (χ1) is 7.40. The third kappa shape index (κ3) is 3.74. The minimum absolute atomic E-state index is 0.282. The number of nitrogens with zero attached hydrogens (tertiary/aromatic N) is 1. The maximum absolute atomic E-state index is 6.09. The standard InChI is InChI=1S/C14H30N2/c1-13(2,3)12-16(4)14(11-15)9-7-5-6-8-10-14/h5-12,15H2,1-4H3. The van der Waals surface area contributed by atoms with E-state index in [1.54, 1.807) is 0 Å². The van der Waals surface area contributed by atoms with Crippen molar-refractivity contribution >= 4 is 0 Å². The molecule has 0 radical (unpaired) electrons. The van der Waals surface area contributed by atoms with Crippen molar-refractivity contribution in [2.75, 3.05) is 20.1 Å². The topological polar surface area (TPSA) is 29.3 Å². The molecule has 0 aliphatic heterocycles. The largest absolute Gasteiger partial charge is 0.329 e. The Balaban J connectivity index is 2.69. The molecule has 2 nitrogen and oxygen atoms in total. The predicted molar refractivity (Wildman–Crippen MR) is 71.6 cm³/mol. The molecule has 0 amide bonds. The summed E-state index contributed by atoms with van der Waals surface area (Å²) in [7, 11) is 2.27. The van der Waals surface area contributed by atoms with Crippen LogP contribution in [0.15, 0.2) is 0 Å². The number of hydrogen-bond donors (Lipinski definition) is 1. The monoisotopic (exact) mass is 226 g/mol. The van der Waals surface area contributed by atoms with Crippen LogP contribution in [0.2, 0.25) is 0 Å². The van der Waals surface area contributed by atoms with Gasteiger partial charge in [0.25, 0.3) is 0 Å². The molecule has 1 saturated carbocycles. The first-order valence-electron chi connectivity index (χ1n) is 6.81. The lowest BCUT2D eigenvalue weighted by atomic mass is 9.85. The predicted octanol–water partition coefficient (Wildman–Crippen LogP) is 3.02. The van der Waals surface area contributed by atoms with Crippen LogP contribution < -0.4 is 5.73 Å². The number of rotatable bonds is 3. The molecular weight excluding hydrogens is 196 g/mol. The van der Waals surface area contributed by atoms with E-state index in [-0.39, 0.29) is 5.54 Å². The normalized spacial score (nSPS) is 22.1. The smallest absolute Gasteiger partial charge is 0.0328 e. The lowest BCUT2D eigenvalue weighted by Gasteiger charge is -2.43. The number of nitrogens with two attached hydrogens (primary N) is 1. The molecule has 16 heavy (non-hydrogen) atoms. The van der Waals surface area contributed by atoms with Crippen molar-refractivity contribution in [3.63, 3.8) is 0 Å². The van der Waals surface area contributed by atoms with E-state index in [1.165, 1.54) is 38.5 Å². The van der Waals surface area contributed by atoms with Gasteiger partial charge in [0, 0.05) is 18.6 Å². The highest BCUT2D eigenvalue weighted by Gasteiger charge is 2.35. The fraction of sp³-hybridized carbons (Fsp3) is 1.00. The van der Waals surface area contributed by atoms with Gasteiger partial charge in [-0.25, -0.2) is 0 Å². The van der Waals surface area contributed by atoms with Crippen LogP contribution in [0, 0.1) is 5.41 Å². The zero-order chi connectivity index (χ0) is 12.2. The molecular formula is C14H30N2. The van der Waals surface area contributed by atoms with Gasteiger partial charge in [0.1, 0.15) is 0 Å². The Morgan fingerprint density at radius 1 is 1.06 bits per heavy atom. The van der Waals surface area contributed by atoms with Crippen LogP contribution in [-0.4, -0.2) is 30.6 Å². The van der Waals surface area contributed by atoms with Gasteiger partial charge in [0.2, 0.25) is 0 Å². The van der Waals surface area contributed by atoms with Crippen molar-refractivity contribution in [3.8, 4) is 0 Å². The molecule has 1 fully saturated rings. The third-order valence-corrected chi connectivity index (χ3v) is 3.94. The van der Waals surface area contributed by atoms with Gasteiger partial charge in [-0.05, 0) is 25.3 Å². The molecule has 0 atom stereocenters. The maximum Gasteiger partial charge on any atom is 0.0328 e. The third-order valence-electron chi connectivity index (χ3n) is 3.94. The summed E-state index contributed by atoms with van der Waals surface area (Å²) in [6.07, 6.45) is 8.07. The number of hydrogen-bond acceptors (Lipinski definition) is 2. The molecule has 96 valence electrons. The second kappa shape index (κ2) is 5.50. The Kier molecular flexibility index (Phi) is 4.81. The highest BCUT2D eigenvalue weighted by molar-refractivity contribution is 4.93. The summed E-state index contributed by atoms with van der Waals surface area (Å²) < 4.78 is 0. The molecule has 1 aliphatic carbocycles. The van der Waals surface area contributed by atoms with Gasteiger partial charge >= 0.3 is 0 Å². The molecule has 2 heteroatoms. The molecule has 1 rings (SSSR count). The zero-order valence-electron chi connectivity index (χ0n) is 11.7. The number of likely N-dealkylation sites (N-methyl/N-ethyl adjacent to an activating group) is 1. The van der Waals surface area contributed by atoms with E-state index >= 15 is 0 Å². The minimum atomic E-state index is 0.282. The van der Waals surface area contributed by atoms with Crippen molar-refractivity contribution < 1.29 is 0 Å². The Hall–Kier alpha value is -0.0800. The molecule has 0 aromatic carbocycles. The first kappa shape index (κ1) is 14.0. The van der Waals surface area contributed by atoms with Gasteiger partial charge < -0.3 is 5.73 Å². The van der Waals surface area contributed by atoms with Gasteiger partial charge in [-0.15, -0.1) is 0 Å². The van der Waals surface area contributed by atoms with Crippen molar-refractivity contribution in [2.45, 2.75) is 64.8 Å². The van der Waals surface area contributed by atoms with Crippen molar-refractivity contribution in [2.24, 2.45) is 11.1 Å². The average molecular weight is 226 g/mol. The summed E-state index contributed by atoms with van der Waals surface area (Å²) in [6, 6.07) is 0. The highest BCUT2D eigenvalue weighted by Crippen LogP contribution is 2.32. The molecule has 0 spiro atoms. The maximum atomic E-state index is 6.09. The molecule has 0 saturated heterocycles. The van der Waals surface area contributed by atoms with Crippen molar-refractivity contribution in [1.82, 2.24) is 4.90 Å². The van der Waals surface area contributed by atoms with Crippen LogP contribution in [0.25, 0.3) is 0 Å². The Morgan fingerprint density at radius 2 is 1.56 bits per heavy atom. The van der Waals surface area contributed by atoms with E-state index < -0.39 is 0 Å². The van der Waals surface area contributed by atoms with Gasteiger partial charge in [0.15, 0.2) is 0 Å². The molecule has 0 unspecified atom stereocenters. The lowest BCUT2D eigenvalue weighted by Crippen LogP contribution is -2.54. The molecule has 0 bridgehead atoms. The van der Waals surface area contributed by atoms with Crippen LogP contribution in [0.3, 0.4) is 0 Å². The van der Waals surface area contributed by atoms with Gasteiger partial charge in [-0.3, -0.25) is 4.90 Å². The van der Waals surface area contributed by atoms with E-state index in [0.717, 1.165) is 13.1 Å². The van der Waals surface area contributed by atoms with Gasteiger partial charge in [-0.2, -0.15) is 0 Å². The second-order valence-corrected chi connectivity index (χ2v) is 6.76. The van der Waals surface area contributed by atoms with Gasteiger partial charge in [0.05, 0.1) is 0 Å². The summed E-state index contributed by atoms with van der Waals surface area (Å²) in [6.45, 7) is 8.89. The van der Waals surface area contributed by atoms with E-state index in [2.05, 4.69) is 32.7 Å². The summed E-state index contributed by atoms with van der Waals surface area (Å²) in [4.78, 5) is 2.54. The van der Waals surface area contributed by atoms with E-state index in [1.807, 2.05) is 0 Å². The fourth-order valence-electron chi connectivity index (χ4n) is 3.01. The quantitative estimate of drug-likeness (QED) is 0.750. The van der Waals surface area contributed by atoms with E-state index in [9.17, 15) is 0 Å². The minimum Gasteiger partial charge on any atom is -0.329 e. The van der Waals surface area contributed by atoms with Crippen molar-refractivity contribution in [3.05, 3.63) is 0 Å². The molecule has 0 heterocycles. The van der Waals surface area contributed by atoms with Crippen LogP contribution in [0.4, 0.5) is 0 Å². The molecule has 0 aromatic rings. The van der Waals surface area contributed by atoms with E-state index in [0.29, 0.717) is 5.41 Å². The lowest BCUT2D eigenvalue weighted by molar-refractivity contribution is 0.0723. The zero-order valence-corrected chi connectivity index (χ0v) is 11.7. The van der Waals surface area contributed by atoms with E-state index in [4.69, 9.17) is 5.73 Å². The summed E-state index contributed by atoms with van der Waals surface area (Å²) in [5.74, 6) is 0. The summed E-state index contributed by atoms with van der Waals surface area (Å²) in [5, 5.41) is 0. The first-order valence-corrected chi connectivity index (χ1v) is 6.81. The SMILES string of the molecule is CN(CC(C)(C)C)C1(CN)CCCCCC1. The van der Waals surface area contributed by atoms with Crippen LogP contribution >= 0.6 is 0 Å². The van der Waals surface area contributed by atoms with Crippen LogP contribution in [0.5, 0.6) is 0 Å². The van der Waals surface area contributed by atoms with Crippen LogP contribution in [0.1, 0.15) is 59.3 Å². The average Bonchev–Trinajstić information content (AvgIpc) is 2.40. The van der Waals surface area contributed by atoms with Gasteiger partial charge in [-0.1, -0.05) is 46.5 Å². The fourth-order valence-corrected chi connectivity index (χ4v) is 3.01. The van der Waals surface area contributed by atoms with Crippen LogP contribution in [-0.2, 0) is 0 Å². The summed E-state index contributed by atoms with van der Waals surface area (Å²) in [5.41, 5.74) is 6.73. The molecule has 0 aromatic heterocycles. The molecule has 1 aliphatic rings. The Morgan fingerprint density at radius 3 is 1.94 bits per heavy atom. The Bertz CT molecular complexity index is 197. The highest BCUT2D eigenvalue weighted by atomic mass is 15.2. The second-order valence-electron chi connectivity index (χ2n) is 6.76.